The van der Waals surface area contributed by atoms with E-state index in [0.717, 1.165) is 4.31 Å². The zero-order valence-electron chi connectivity index (χ0n) is 10.4. The number of sulfonamides is 1. The van der Waals surface area contributed by atoms with Gasteiger partial charge < -0.3 is 14.6 Å². The van der Waals surface area contributed by atoms with E-state index in [2.05, 4.69) is 0 Å². The fourth-order valence-corrected chi connectivity index (χ4v) is 2.88. The Morgan fingerprint density at radius 1 is 1.32 bits per heavy atom. The predicted octanol–water partition coefficient (Wildman–Crippen LogP) is 0.130. The number of benzene rings is 1. The number of rotatable bonds is 3. The molecule has 0 amide bonds. The first-order valence-corrected chi connectivity index (χ1v) is 6.81. The molecule has 104 valence electrons. The van der Waals surface area contributed by atoms with Crippen LogP contribution in [0.25, 0.3) is 0 Å². The molecular formula is C11H13NO6S. The second-order valence-corrected chi connectivity index (χ2v) is 6.52. The zero-order chi connectivity index (χ0) is 14.3. The van der Waals surface area contributed by atoms with E-state index < -0.39 is 27.5 Å². The molecule has 1 aromatic rings. The first-order valence-electron chi connectivity index (χ1n) is 5.37. The van der Waals surface area contributed by atoms with Crippen molar-refractivity contribution in [2.24, 2.45) is 0 Å². The zero-order valence-corrected chi connectivity index (χ0v) is 11.2. The lowest BCUT2D eigenvalue weighted by Crippen LogP contribution is -2.60. The summed E-state index contributed by atoms with van der Waals surface area (Å²) in [5.74, 6) is -1.22. The molecule has 1 heterocycles. The second kappa shape index (κ2) is 4.39. The van der Waals surface area contributed by atoms with Crippen LogP contribution in [0.2, 0.25) is 0 Å². The van der Waals surface area contributed by atoms with Gasteiger partial charge in [0.05, 0.1) is 0 Å². The smallest absolute Gasteiger partial charge is 0.369 e. The molecule has 0 fully saturated rings. The molecule has 0 bridgehead atoms. The van der Waals surface area contributed by atoms with E-state index in [1.807, 2.05) is 0 Å². The fourth-order valence-electron chi connectivity index (χ4n) is 1.67. The van der Waals surface area contributed by atoms with Crippen molar-refractivity contribution in [1.82, 2.24) is 4.31 Å². The van der Waals surface area contributed by atoms with Crippen LogP contribution in [-0.4, -0.2) is 49.4 Å². The number of fused-ring (bicyclic) bond motifs is 1. The highest BCUT2D eigenvalue weighted by molar-refractivity contribution is 7.91. The van der Waals surface area contributed by atoms with E-state index in [1.165, 1.54) is 20.2 Å². The number of carboxylic acids is 1. The Bertz CT molecular complexity index is 611. The number of hydrogen-bond donors (Lipinski definition) is 1. The minimum Gasteiger partial charge on any atom is -0.484 e. The van der Waals surface area contributed by atoms with Gasteiger partial charge in [-0.05, 0) is 12.1 Å². The van der Waals surface area contributed by atoms with Gasteiger partial charge in [0.25, 0.3) is 10.0 Å². The van der Waals surface area contributed by atoms with Gasteiger partial charge in [0.15, 0.2) is 18.1 Å². The first kappa shape index (κ1) is 13.6. The maximum atomic E-state index is 12.2. The summed E-state index contributed by atoms with van der Waals surface area (Å²) in [6, 6.07) is 6.31. The lowest BCUT2D eigenvalue weighted by atomic mass is 10.2. The Morgan fingerprint density at radius 2 is 1.89 bits per heavy atom. The quantitative estimate of drug-likeness (QED) is 0.849. The van der Waals surface area contributed by atoms with Crippen molar-refractivity contribution in [3.63, 3.8) is 0 Å². The lowest BCUT2D eigenvalue weighted by molar-refractivity contribution is -0.151. The summed E-state index contributed by atoms with van der Waals surface area (Å²) in [4.78, 5) is 8.96. The van der Waals surface area contributed by atoms with Crippen molar-refractivity contribution >= 4 is 16.0 Å². The Balaban J connectivity index is 2.55. The molecular weight excluding hydrogens is 274 g/mol. The van der Waals surface area contributed by atoms with E-state index in [9.17, 15) is 18.3 Å². The summed E-state index contributed by atoms with van der Waals surface area (Å²) in [7, 11) is -1.74. The molecule has 7 nitrogen and oxygen atoms in total. The molecule has 2 rings (SSSR count). The monoisotopic (exact) mass is 287 g/mol. The van der Waals surface area contributed by atoms with E-state index in [1.54, 1.807) is 18.2 Å². The molecule has 0 spiro atoms. The summed E-state index contributed by atoms with van der Waals surface area (Å²) >= 11 is 0. The van der Waals surface area contributed by atoms with Crippen LogP contribution in [0.1, 0.15) is 0 Å². The van der Waals surface area contributed by atoms with Crippen LogP contribution in [0.5, 0.6) is 11.5 Å². The molecule has 1 unspecified atom stereocenters. The van der Waals surface area contributed by atoms with E-state index in [0.29, 0.717) is 5.75 Å². The summed E-state index contributed by atoms with van der Waals surface area (Å²) in [5, 5.41) is 9.29. The van der Waals surface area contributed by atoms with Crippen LogP contribution in [0.3, 0.4) is 0 Å². The number of hydrogen-bond acceptors (Lipinski definition) is 5. The van der Waals surface area contributed by atoms with Gasteiger partial charge in [-0.25, -0.2) is 17.5 Å². The van der Waals surface area contributed by atoms with Crippen molar-refractivity contribution in [2.45, 2.75) is 4.93 Å². The van der Waals surface area contributed by atoms with Crippen LogP contribution in [0.15, 0.2) is 24.3 Å². The first-order chi connectivity index (χ1) is 8.81. The molecule has 0 aromatic heterocycles. The molecule has 1 aliphatic heterocycles. The SMILES string of the molecule is CN(C)S(=O)(=O)C1(C(=O)O)COc2ccccc2O1. The van der Waals surface area contributed by atoms with Gasteiger partial charge in [0.1, 0.15) is 0 Å². The van der Waals surface area contributed by atoms with Crippen LogP contribution in [0.4, 0.5) is 0 Å². The van der Waals surface area contributed by atoms with Crippen LogP contribution < -0.4 is 9.47 Å². The summed E-state index contributed by atoms with van der Waals surface area (Å²) in [5.41, 5.74) is 0. The fraction of sp³-hybridized carbons (Fsp3) is 0.364. The van der Waals surface area contributed by atoms with Crippen molar-refractivity contribution in [2.75, 3.05) is 20.7 Å². The molecule has 1 N–H and O–H groups in total. The summed E-state index contributed by atoms with van der Waals surface area (Å²) in [6.45, 7) is -0.611. The minimum absolute atomic E-state index is 0.0848. The molecule has 0 aliphatic carbocycles. The van der Waals surface area contributed by atoms with Gasteiger partial charge in [0.2, 0.25) is 0 Å². The number of aliphatic carboxylic acids is 1. The molecule has 19 heavy (non-hydrogen) atoms. The Morgan fingerprint density at radius 3 is 2.42 bits per heavy atom. The third-order valence-corrected chi connectivity index (χ3v) is 4.94. The van der Waals surface area contributed by atoms with Crippen molar-refractivity contribution < 1.29 is 27.8 Å². The highest BCUT2D eigenvalue weighted by Gasteiger charge is 2.58. The third-order valence-electron chi connectivity index (χ3n) is 2.76. The summed E-state index contributed by atoms with van der Waals surface area (Å²) < 4.78 is 35.7. The average Bonchev–Trinajstić information content (AvgIpc) is 2.37. The van der Waals surface area contributed by atoms with Crippen molar-refractivity contribution in [1.29, 1.82) is 0 Å². The Kier molecular flexibility index (Phi) is 3.15. The van der Waals surface area contributed by atoms with Gasteiger partial charge in [-0.15, -0.1) is 0 Å². The molecule has 1 aromatic carbocycles. The number of carbonyl (C=O) groups is 1. The van der Waals surface area contributed by atoms with Crippen molar-refractivity contribution in [3.05, 3.63) is 24.3 Å². The highest BCUT2D eigenvalue weighted by Crippen LogP contribution is 2.37. The van der Waals surface area contributed by atoms with Crippen LogP contribution in [-0.2, 0) is 14.8 Å². The molecule has 1 aliphatic rings. The normalized spacial score (nSPS) is 22.3. The Labute approximate surface area is 110 Å². The van der Waals surface area contributed by atoms with Gasteiger partial charge in [-0.1, -0.05) is 12.1 Å². The van der Waals surface area contributed by atoms with Gasteiger partial charge >= 0.3 is 10.9 Å². The number of nitrogens with zero attached hydrogens (tertiary/aromatic N) is 1. The predicted molar refractivity (Wildman–Crippen MR) is 65.5 cm³/mol. The van der Waals surface area contributed by atoms with Gasteiger partial charge in [0, 0.05) is 14.1 Å². The topological polar surface area (TPSA) is 93.1 Å². The Hall–Kier alpha value is -1.80. The number of ether oxygens (including phenoxy) is 2. The minimum atomic E-state index is -4.22. The largest absolute Gasteiger partial charge is 0.484 e. The average molecular weight is 287 g/mol. The van der Waals surface area contributed by atoms with E-state index >= 15 is 0 Å². The lowest BCUT2D eigenvalue weighted by Gasteiger charge is -2.35. The summed E-state index contributed by atoms with van der Waals surface area (Å²) in [6.07, 6.45) is 0. The van der Waals surface area contributed by atoms with Crippen LogP contribution in [0, 0.1) is 0 Å². The van der Waals surface area contributed by atoms with Gasteiger partial charge in [-0.3, -0.25) is 0 Å². The molecule has 0 saturated carbocycles. The van der Waals surface area contributed by atoms with Crippen LogP contribution >= 0.6 is 0 Å². The molecule has 0 saturated heterocycles. The molecule has 0 radical (unpaired) electrons. The molecule has 1 atom stereocenters. The highest BCUT2D eigenvalue weighted by atomic mass is 32.2. The second-order valence-electron chi connectivity index (χ2n) is 4.18. The third kappa shape index (κ3) is 1.92. The standard InChI is InChI=1S/C11H13NO6S/c1-12(2)19(15,16)11(10(13)14)7-17-8-5-3-4-6-9(8)18-11/h3-6H,7H2,1-2H3,(H,13,14). The molecule has 8 heteroatoms. The maximum absolute atomic E-state index is 12.2. The number of para-hydroxylation sites is 2. The maximum Gasteiger partial charge on any atom is 0.369 e. The number of carboxylic acid groups (broad SMARTS) is 1. The van der Waals surface area contributed by atoms with Gasteiger partial charge in [-0.2, -0.15) is 0 Å². The van der Waals surface area contributed by atoms with E-state index in [-0.39, 0.29) is 5.75 Å². The van der Waals surface area contributed by atoms with E-state index in [4.69, 9.17) is 9.47 Å². The van der Waals surface area contributed by atoms with Crippen molar-refractivity contribution in [3.8, 4) is 11.5 Å².